The quantitative estimate of drug-likeness (QED) is 0.591. The summed E-state index contributed by atoms with van der Waals surface area (Å²) in [6, 6.07) is 8.22. The first-order valence-electron chi connectivity index (χ1n) is 8.39. The van der Waals surface area contributed by atoms with Crippen LogP contribution in [0.25, 0.3) is 0 Å². The van der Waals surface area contributed by atoms with Crippen LogP contribution in [-0.4, -0.2) is 32.1 Å². The highest BCUT2D eigenvalue weighted by Gasteiger charge is 2.11. The Balaban J connectivity index is 0.00000264. The minimum atomic E-state index is -0.0133. The van der Waals surface area contributed by atoms with Gasteiger partial charge in [0.1, 0.15) is 0 Å². The van der Waals surface area contributed by atoms with E-state index in [0.29, 0.717) is 24.8 Å². The van der Waals surface area contributed by atoms with Gasteiger partial charge in [0.05, 0.1) is 6.61 Å². The van der Waals surface area contributed by atoms with Crippen LogP contribution in [0.5, 0.6) is 0 Å². The Morgan fingerprint density at radius 1 is 1.17 bits per heavy atom. The first-order chi connectivity index (χ1) is 10.8. The van der Waals surface area contributed by atoms with E-state index in [1.807, 2.05) is 24.3 Å². The molecule has 0 saturated heterocycles. The van der Waals surface area contributed by atoms with Crippen molar-refractivity contribution in [1.82, 2.24) is 10.6 Å². The van der Waals surface area contributed by atoms with Crippen LogP contribution in [0.15, 0.2) is 24.3 Å². The molecule has 130 valence electrons. The van der Waals surface area contributed by atoms with Crippen molar-refractivity contribution in [2.24, 2.45) is 0 Å². The lowest BCUT2D eigenvalue weighted by atomic mass is 10.1. The third kappa shape index (κ3) is 7.34. The van der Waals surface area contributed by atoms with Gasteiger partial charge in [0, 0.05) is 31.8 Å². The van der Waals surface area contributed by atoms with Crippen molar-refractivity contribution in [2.75, 3.05) is 20.2 Å². The summed E-state index contributed by atoms with van der Waals surface area (Å²) in [7, 11) is 1.66. The van der Waals surface area contributed by atoms with Gasteiger partial charge in [-0.25, -0.2) is 0 Å². The molecular formula is C18H29ClN2O2. The third-order valence-corrected chi connectivity index (χ3v) is 4.20. The molecule has 0 atom stereocenters. The van der Waals surface area contributed by atoms with Crippen LogP contribution in [0.2, 0.25) is 0 Å². The molecule has 0 heterocycles. The molecule has 2 rings (SSSR count). The summed E-state index contributed by atoms with van der Waals surface area (Å²) in [5, 5.41) is 6.55. The Labute approximate surface area is 145 Å². The van der Waals surface area contributed by atoms with Crippen molar-refractivity contribution >= 4 is 18.3 Å². The molecule has 1 fully saturated rings. The Morgan fingerprint density at radius 3 is 2.61 bits per heavy atom. The van der Waals surface area contributed by atoms with Crippen LogP contribution in [0, 0.1) is 0 Å². The van der Waals surface area contributed by atoms with E-state index >= 15 is 0 Å². The fourth-order valence-electron chi connectivity index (χ4n) is 3.01. The number of benzene rings is 1. The number of carbonyl (C=O) groups excluding carboxylic acids is 1. The predicted octanol–water partition coefficient (Wildman–Crippen LogP) is 3.30. The number of hydrogen-bond donors (Lipinski definition) is 2. The van der Waals surface area contributed by atoms with Gasteiger partial charge in [-0.2, -0.15) is 0 Å². The topological polar surface area (TPSA) is 50.4 Å². The first-order valence-corrected chi connectivity index (χ1v) is 8.39. The van der Waals surface area contributed by atoms with Crippen LogP contribution in [-0.2, 0) is 11.3 Å². The molecular weight excluding hydrogens is 312 g/mol. The second-order valence-corrected chi connectivity index (χ2v) is 6.03. The van der Waals surface area contributed by atoms with Gasteiger partial charge in [0.25, 0.3) is 5.91 Å². The van der Waals surface area contributed by atoms with Crippen molar-refractivity contribution < 1.29 is 9.53 Å². The van der Waals surface area contributed by atoms with E-state index in [9.17, 15) is 4.79 Å². The number of carbonyl (C=O) groups is 1. The van der Waals surface area contributed by atoms with Gasteiger partial charge in [-0.1, -0.05) is 37.8 Å². The minimum absolute atomic E-state index is 0. The molecule has 23 heavy (non-hydrogen) atoms. The molecule has 4 nitrogen and oxygen atoms in total. The van der Waals surface area contributed by atoms with Crippen molar-refractivity contribution in [3.8, 4) is 0 Å². The fraction of sp³-hybridized carbons (Fsp3) is 0.611. The van der Waals surface area contributed by atoms with Gasteiger partial charge < -0.3 is 15.4 Å². The summed E-state index contributed by atoms with van der Waals surface area (Å²) in [6.45, 7) is 2.04. The number of hydrogen-bond acceptors (Lipinski definition) is 3. The predicted molar refractivity (Wildman–Crippen MR) is 96.2 cm³/mol. The largest absolute Gasteiger partial charge is 0.380 e. The number of nitrogens with one attached hydrogen (secondary N) is 2. The second-order valence-electron chi connectivity index (χ2n) is 6.03. The van der Waals surface area contributed by atoms with Gasteiger partial charge in [-0.05, 0) is 30.5 Å². The minimum Gasteiger partial charge on any atom is -0.380 e. The molecule has 0 aliphatic heterocycles. The molecule has 1 aromatic carbocycles. The molecule has 0 aromatic heterocycles. The highest BCUT2D eigenvalue weighted by atomic mass is 35.5. The van der Waals surface area contributed by atoms with E-state index in [0.717, 1.165) is 12.1 Å². The maximum Gasteiger partial charge on any atom is 0.251 e. The highest BCUT2D eigenvalue weighted by molar-refractivity contribution is 5.94. The zero-order chi connectivity index (χ0) is 15.6. The summed E-state index contributed by atoms with van der Waals surface area (Å²) >= 11 is 0. The average molecular weight is 341 g/mol. The molecule has 0 spiro atoms. The Hall–Kier alpha value is -1.10. The zero-order valence-electron chi connectivity index (χ0n) is 14.0. The standard InChI is InChI=1S/C18H28N2O2.ClH/c1-22-14-15-7-6-8-16(13-15)18(21)20-12-11-19-17-9-4-2-3-5-10-17;/h6-8,13,17,19H,2-5,9-12,14H2,1H3,(H,20,21);1H. The second kappa shape index (κ2) is 11.4. The summed E-state index contributed by atoms with van der Waals surface area (Å²) in [5.41, 5.74) is 1.72. The molecule has 2 N–H and O–H groups in total. The van der Waals surface area contributed by atoms with E-state index < -0.39 is 0 Å². The molecule has 0 radical (unpaired) electrons. The van der Waals surface area contributed by atoms with Gasteiger partial charge in [-0.15, -0.1) is 12.4 Å². The van der Waals surface area contributed by atoms with Crippen LogP contribution in [0.1, 0.15) is 54.4 Å². The van der Waals surface area contributed by atoms with Gasteiger partial charge >= 0.3 is 0 Å². The Bertz CT molecular complexity index is 460. The third-order valence-electron chi connectivity index (χ3n) is 4.20. The van der Waals surface area contributed by atoms with Gasteiger partial charge in [0.2, 0.25) is 0 Å². The maximum absolute atomic E-state index is 12.1. The smallest absolute Gasteiger partial charge is 0.251 e. The van der Waals surface area contributed by atoms with Gasteiger partial charge in [0.15, 0.2) is 0 Å². The zero-order valence-corrected chi connectivity index (χ0v) is 14.8. The normalized spacial score (nSPS) is 15.5. The molecule has 1 aliphatic rings. The molecule has 1 aliphatic carbocycles. The first kappa shape index (κ1) is 19.9. The molecule has 5 heteroatoms. The van der Waals surface area contributed by atoms with Crippen molar-refractivity contribution in [3.05, 3.63) is 35.4 Å². The fourth-order valence-corrected chi connectivity index (χ4v) is 3.01. The summed E-state index contributed by atoms with van der Waals surface area (Å²) in [4.78, 5) is 12.1. The molecule has 1 amide bonds. The lowest BCUT2D eigenvalue weighted by Gasteiger charge is -2.16. The van der Waals surface area contributed by atoms with Crippen molar-refractivity contribution in [2.45, 2.75) is 51.2 Å². The highest BCUT2D eigenvalue weighted by Crippen LogP contribution is 2.16. The molecule has 0 bridgehead atoms. The number of rotatable bonds is 7. The Kier molecular flexibility index (Phi) is 9.92. The van der Waals surface area contributed by atoms with Crippen LogP contribution < -0.4 is 10.6 Å². The number of ether oxygens (including phenoxy) is 1. The Morgan fingerprint density at radius 2 is 1.91 bits per heavy atom. The van der Waals surface area contributed by atoms with Crippen LogP contribution in [0.4, 0.5) is 0 Å². The monoisotopic (exact) mass is 340 g/mol. The molecule has 0 unspecified atom stereocenters. The summed E-state index contributed by atoms with van der Waals surface area (Å²) in [6.07, 6.45) is 7.94. The molecule has 1 aromatic rings. The number of amides is 1. The van der Waals surface area contributed by atoms with Crippen molar-refractivity contribution in [1.29, 1.82) is 0 Å². The summed E-state index contributed by atoms with van der Waals surface area (Å²) in [5.74, 6) is -0.0133. The molecule has 1 saturated carbocycles. The van der Waals surface area contributed by atoms with E-state index in [1.54, 1.807) is 7.11 Å². The van der Waals surface area contributed by atoms with E-state index in [1.165, 1.54) is 38.5 Å². The number of methoxy groups -OCH3 is 1. The lowest BCUT2D eigenvalue weighted by Crippen LogP contribution is -2.36. The number of halogens is 1. The van der Waals surface area contributed by atoms with E-state index in [4.69, 9.17) is 4.74 Å². The van der Waals surface area contributed by atoms with Crippen LogP contribution >= 0.6 is 12.4 Å². The maximum atomic E-state index is 12.1. The SMILES string of the molecule is COCc1cccc(C(=O)NCCNC2CCCCCC2)c1.Cl. The lowest BCUT2D eigenvalue weighted by molar-refractivity contribution is 0.0953. The van der Waals surface area contributed by atoms with E-state index in [-0.39, 0.29) is 18.3 Å². The summed E-state index contributed by atoms with van der Waals surface area (Å²) < 4.78 is 5.10. The van der Waals surface area contributed by atoms with E-state index in [2.05, 4.69) is 10.6 Å². The van der Waals surface area contributed by atoms with Crippen molar-refractivity contribution in [3.63, 3.8) is 0 Å². The van der Waals surface area contributed by atoms with Gasteiger partial charge in [-0.3, -0.25) is 4.79 Å². The average Bonchev–Trinajstić information content (AvgIpc) is 2.81. The van der Waals surface area contributed by atoms with Crippen LogP contribution in [0.3, 0.4) is 0 Å².